The summed E-state index contributed by atoms with van der Waals surface area (Å²) < 4.78 is 42.3. The Morgan fingerprint density at radius 1 is 1.15 bits per heavy atom. The number of nitrogens with one attached hydrogen (secondary N) is 2. The van der Waals surface area contributed by atoms with E-state index in [0.717, 1.165) is 16.8 Å². The fourth-order valence-corrected chi connectivity index (χ4v) is 2.37. The van der Waals surface area contributed by atoms with Crippen LogP contribution in [-0.2, 0) is 13.1 Å². The van der Waals surface area contributed by atoms with E-state index in [1.807, 2.05) is 25.1 Å². The van der Waals surface area contributed by atoms with Crippen LogP contribution in [0.1, 0.15) is 22.4 Å². The maximum absolute atomic E-state index is 12.5. The normalized spacial score (nSPS) is 12.0. The van der Waals surface area contributed by atoms with E-state index in [4.69, 9.17) is 4.74 Å². The van der Waals surface area contributed by atoms with E-state index in [1.54, 1.807) is 32.3 Å². The number of aliphatic imine (C=N–C) groups is 1. The number of alkyl halides is 3. The maximum Gasteiger partial charge on any atom is 0.422 e. The van der Waals surface area contributed by atoms with Gasteiger partial charge in [-0.3, -0.25) is 9.98 Å². The van der Waals surface area contributed by atoms with Gasteiger partial charge < -0.3 is 15.4 Å². The number of guanidine groups is 1. The molecule has 146 valence electrons. The number of aromatic nitrogens is 1. The van der Waals surface area contributed by atoms with Crippen LogP contribution >= 0.6 is 0 Å². The topological polar surface area (TPSA) is 58.5 Å². The summed E-state index contributed by atoms with van der Waals surface area (Å²) in [6.45, 7) is 3.20. The molecule has 2 rings (SSSR count). The first kappa shape index (κ1) is 20.5. The molecule has 0 aliphatic carbocycles. The first-order valence-electron chi connectivity index (χ1n) is 8.42. The molecule has 0 atom stereocenters. The summed E-state index contributed by atoms with van der Waals surface area (Å²) in [4.78, 5) is 8.43. The van der Waals surface area contributed by atoms with E-state index in [0.29, 0.717) is 18.1 Å². The summed E-state index contributed by atoms with van der Waals surface area (Å²) in [6, 6.07) is 8.99. The number of hydrogen-bond donors (Lipinski definition) is 2. The highest BCUT2D eigenvalue weighted by Crippen LogP contribution is 2.23. The Morgan fingerprint density at radius 3 is 2.56 bits per heavy atom. The molecule has 0 fully saturated rings. The van der Waals surface area contributed by atoms with Gasteiger partial charge in [-0.2, -0.15) is 13.2 Å². The number of rotatable bonds is 6. The standard InChI is InChI=1S/C19H23F3N4O/c1-13-6-7-15(17(9-13)27-12-19(20,21)22)10-25-18(23-3)26-11-16-14(2)5-4-8-24-16/h4-9H,10-12H2,1-3H3,(H2,23,25,26). The average Bonchev–Trinajstić information content (AvgIpc) is 2.62. The summed E-state index contributed by atoms with van der Waals surface area (Å²) in [5, 5.41) is 6.22. The lowest BCUT2D eigenvalue weighted by molar-refractivity contribution is -0.153. The SMILES string of the molecule is CN=C(NCc1ccc(C)cc1OCC(F)(F)F)NCc1ncccc1C. The van der Waals surface area contributed by atoms with Gasteiger partial charge in [-0.1, -0.05) is 18.2 Å². The molecule has 5 nitrogen and oxygen atoms in total. The van der Waals surface area contributed by atoms with Gasteiger partial charge in [0.2, 0.25) is 0 Å². The highest BCUT2D eigenvalue weighted by molar-refractivity contribution is 5.79. The zero-order valence-electron chi connectivity index (χ0n) is 15.5. The third-order valence-corrected chi connectivity index (χ3v) is 3.83. The van der Waals surface area contributed by atoms with Crippen LogP contribution in [-0.4, -0.2) is 30.8 Å². The summed E-state index contributed by atoms with van der Waals surface area (Å²) in [5.41, 5.74) is 3.39. The molecular formula is C19H23F3N4O. The molecule has 2 N–H and O–H groups in total. The number of hydrogen-bond acceptors (Lipinski definition) is 3. The zero-order valence-corrected chi connectivity index (χ0v) is 15.5. The van der Waals surface area contributed by atoms with Gasteiger partial charge in [0.25, 0.3) is 0 Å². The number of nitrogens with zero attached hydrogens (tertiary/aromatic N) is 2. The number of halogens is 3. The average molecular weight is 380 g/mol. The molecule has 0 saturated heterocycles. The molecule has 0 aliphatic heterocycles. The minimum atomic E-state index is -4.38. The third-order valence-electron chi connectivity index (χ3n) is 3.83. The minimum Gasteiger partial charge on any atom is -0.484 e. The highest BCUT2D eigenvalue weighted by atomic mass is 19.4. The van der Waals surface area contributed by atoms with Gasteiger partial charge in [-0.05, 0) is 37.1 Å². The first-order valence-corrected chi connectivity index (χ1v) is 8.42. The molecule has 1 aromatic heterocycles. The lowest BCUT2D eigenvalue weighted by Gasteiger charge is -2.16. The van der Waals surface area contributed by atoms with E-state index < -0.39 is 12.8 Å². The number of ether oxygens (including phenoxy) is 1. The highest BCUT2D eigenvalue weighted by Gasteiger charge is 2.28. The van der Waals surface area contributed by atoms with Crippen LogP contribution < -0.4 is 15.4 Å². The van der Waals surface area contributed by atoms with Gasteiger partial charge >= 0.3 is 6.18 Å². The summed E-state index contributed by atoms with van der Waals surface area (Å²) >= 11 is 0. The van der Waals surface area contributed by atoms with Crippen LogP contribution in [0.2, 0.25) is 0 Å². The van der Waals surface area contributed by atoms with Crippen LogP contribution in [0.25, 0.3) is 0 Å². The zero-order chi connectivity index (χ0) is 19.9. The van der Waals surface area contributed by atoms with E-state index in [9.17, 15) is 13.2 Å². The summed E-state index contributed by atoms with van der Waals surface area (Å²) in [7, 11) is 1.62. The number of aryl methyl sites for hydroxylation is 2. The summed E-state index contributed by atoms with van der Waals surface area (Å²) in [5.74, 6) is 0.721. The monoisotopic (exact) mass is 380 g/mol. The van der Waals surface area contributed by atoms with Crippen molar-refractivity contribution in [2.24, 2.45) is 4.99 Å². The van der Waals surface area contributed by atoms with Crippen molar-refractivity contribution in [3.63, 3.8) is 0 Å². The predicted octanol–water partition coefficient (Wildman–Crippen LogP) is 3.50. The van der Waals surface area contributed by atoms with E-state index in [-0.39, 0.29) is 12.3 Å². The van der Waals surface area contributed by atoms with Crippen LogP contribution in [0.3, 0.4) is 0 Å². The lowest BCUT2D eigenvalue weighted by atomic mass is 10.1. The van der Waals surface area contributed by atoms with Crippen molar-refractivity contribution in [1.29, 1.82) is 0 Å². The van der Waals surface area contributed by atoms with Gasteiger partial charge in [-0.15, -0.1) is 0 Å². The molecule has 0 radical (unpaired) electrons. The van der Waals surface area contributed by atoms with Crippen molar-refractivity contribution in [2.75, 3.05) is 13.7 Å². The Bertz CT molecular complexity index is 791. The number of pyridine rings is 1. The molecule has 1 aromatic carbocycles. The maximum atomic E-state index is 12.5. The van der Waals surface area contributed by atoms with Crippen molar-refractivity contribution in [3.8, 4) is 5.75 Å². The minimum absolute atomic E-state index is 0.204. The Balaban J connectivity index is 1.98. The third kappa shape index (κ3) is 6.80. The molecule has 0 amide bonds. The van der Waals surface area contributed by atoms with E-state index in [2.05, 4.69) is 20.6 Å². The van der Waals surface area contributed by atoms with E-state index in [1.165, 1.54) is 0 Å². The Morgan fingerprint density at radius 2 is 1.89 bits per heavy atom. The van der Waals surface area contributed by atoms with Crippen LogP contribution in [0.4, 0.5) is 13.2 Å². The fraction of sp³-hybridized carbons (Fsp3) is 0.368. The van der Waals surface area contributed by atoms with Crippen molar-refractivity contribution in [2.45, 2.75) is 33.1 Å². The van der Waals surface area contributed by atoms with Crippen molar-refractivity contribution < 1.29 is 17.9 Å². The molecule has 0 aliphatic rings. The molecule has 27 heavy (non-hydrogen) atoms. The Hall–Kier alpha value is -2.77. The molecule has 0 unspecified atom stereocenters. The second-order valence-electron chi connectivity index (χ2n) is 6.06. The van der Waals surface area contributed by atoms with Gasteiger partial charge in [0, 0.05) is 25.4 Å². The van der Waals surface area contributed by atoms with Gasteiger partial charge in [-0.25, -0.2) is 0 Å². The molecule has 8 heteroatoms. The van der Waals surface area contributed by atoms with Gasteiger partial charge in [0.05, 0.1) is 12.2 Å². The van der Waals surface area contributed by atoms with Crippen molar-refractivity contribution >= 4 is 5.96 Å². The Kier molecular flexibility index (Phi) is 7.04. The van der Waals surface area contributed by atoms with Crippen LogP contribution in [0.5, 0.6) is 5.75 Å². The molecule has 0 spiro atoms. The molecule has 0 bridgehead atoms. The van der Waals surface area contributed by atoms with Gasteiger partial charge in [0.1, 0.15) is 5.75 Å². The van der Waals surface area contributed by atoms with Crippen LogP contribution in [0.15, 0.2) is 41.5 Å². The van der Waals surface area contributed by atoms with E-state index >= 15 is 0 Å². The fourth-order valence-electron chi connectivity index (χ4n) is 2.37. The Labute approximate surface area is 156 Å². The largest absolute Gasteiger partial charge is 0.484 e. The quantitative estimate of drug-likeness (QED) is 0.595. The van der Waals surface area contributed by atoms with Crippen LogP contribution in [0, 0.1) is 13.8 Å². The van der Waals surface area contributed by atoms with Crippen molar-refractivity contribution in [3.05, 3.63) is 58.9 Å². The lowest BCUT2D eigenvalue weighted by Crippen LogP contribution is -2.36. The first-order chi connectivity index (χ1) is 12.8. The number of benzene rings is 1. The molecular weight excluding hydrogens is 357 g/mol. The predicted molar refractivity (Wildman–Crippen MR) is 98.7 cm³/mol. The molecule has 1 heterocycles. The molecule has 0 saturated carbocycles. The second-order valence-corrected chi connectivity index (χ2v) is 6.06. The smallest absolute Gasteiger partial charge is 0.422 e. The summed E-state index contributed by atoms with van der Waals surface area (Å²) in [6.07, 6.45) is -2.66. The molecule has 2 aromatic rings. The van der Waals surface area contributed by atoms with Crippen molar-refractivity contribution in [1.82, 2.24) is 15.6 Å². The second kappa shape index (κ2) is 9.25. The van der Waals surface area contributed by atoms with Gasteiger partial charge in [0.15, 0.2) is 12.6 Å².